The summed E-state index contributed by atoms with van der Waals surface area (Å²) in [5.41, 5.74) is 1.09. The number of hydrogen-bond donors (Lipinski definition) is 0. The monoisotopic (exact) mass is 331 g/mol. The van der Waals surface area contributed by atoms with E-state index in [-0.39, 0.29) is 6.04 Å². The van der Waals surface area contributed by atoms with E-state index in [1.807, 2.05) is 17.9 Å². The van der Waals surface area contributed by atoms with Crippen molar-refractivity contribution < 1.29 is 4.79 Å². The largest absolute Gasteiger partial charge is 0.338 e. The Morgan fingerprint density at radius 1 is 1.12 bits per heavy atom. The fourth-order valence-electron chi connectivity index (χ4n) is 5.05. The Balaban J connectivity index is 1.45. The van der Waals surface area contributed by atoms with E-state index in [9.17, 15) is 4.79 Å². The lowest BCUT2D eigenvalue weighted by Crippen LogP contribution is -2.49. The second-order valence-corrected chi connectivity index (χ2v) is 7.76. The first-order chi connectivity index (χ1) is 11.7. The van der Waals surface area contributed by atoms with Crippen LogP contribution in [0.3, 0.4) is 0 Å². The number of aryl methyl sites for hydroxylation is 1. The van der Waals surface area contributed by atoms with Crippen LogP contribution in [0.1, 0.15) is 57.1 Å². The van der Waals surface area contributed by atoms with Crippen LogP contribution in [0.5, 0.6) is 0 Å². The second-order valence-electron chi connectivity index (χ2n) is 7.76. The molecule has 1 aromatic heterocycles. The van der Waals surface area contributed by atoms with Crippen LogP contribution in [0, 0.1) is 5.92 Å². The van der Waals surface area contributed by atoms with E-state index >= 15 is 0 Å². The molecule has 3 fully saturated rings. The van der Waals surface area contributed by atoms with Crippen LogP contribution in [0.2, 0.25) is 0 Å². The number of nitrogens with zero attached hydrogens (tertiary/aromatic N) is 5. The van der Waals surface area contributed by atoms with Crippen molar-refractivity contribution in [1.29, 1.82) is 0 Å². The summed E-state index contributed by atoms with van der Waals surface area (Å²) in [5, 5.41) is 7.98. The summed E-state index contributed by atoms with van der Waals surface area (Å²) >= 11 is 0. The molecule has 2 atom stereocenters. The van der Waals surface area contributed by atoms with E-state index in [1.165, 1.54) is 38.5 Å². The van der Waals surface area contributed by atoms with Crippen LogP contribution in [-0.4, -0.2) is 55.9 Å². The van der Waals surface area contributed by atoms with Gasteiger partial charge >= 0.3 is 0 Å². The number of rotatable bonds is 4. The maximum Gasteiger partial charge on any atom is 0.240 e. The maximum absolute atomic E-state index is 13.3. The molecular formula is C18H29N5O. The van der Waals surface area contributed by atoms with E-state index in [0.717, 1.165) is 44.1 Å². The molecule has 3 heterocycles. The smallest absolute Gasteiger partial charge is 0.240 e. The van der Waals surface area contributed by atoms with E-state index in [1.54, 1.807) is 0 Å². The fraction of sp³-hybridized carbons (Fsp3) is 0.833. The predicted octanol–water partition coefficient (Wildman–Crippen LogP) is 1.96. The molecule has 0 radical (unpaired) electrons. The molecule has 2 saturated heterocycles. The molecule has 6 nitrogen and oxygen atoms in total. The Labute approximate surface area is 144 Å². The minimum atomic E-state index is 0.0573. The Hall–Kier alpha value is -1.43. The molecule has 1 saturated carbocycles. The van der Waals surface area contributed by atoms with E-state index in [2.05, 4.69) is 20.1 Å². The van der Waals surface area contributed by atoms with Gasteiger partial charge in [-0.05, 0) is 51.0 Å². The summed E-state index contributed by atoms with van der Waals surface area (Å²) in [5.74, 6) is 1.14. The molecule has 2 aliphatic heterocycles. The maximum atomic E-state index is 13.3. The summed E-state index contributed by atoms with van der Waals surface area (Å²) in [7, 11) is 1.92. The lowest BCUT2D eigenvalue weighted by molar-refractivity contribution is -0.138. The summed E-state index contributed by atoms with van der Waals surface area (Å²) in [4.78, 5) is 17.9. The van der Waals surface area contributed by atoms with Crippen molar-refractivity contribution in [2.24, 2.45) is 13.0 Å². The zero-order valence-corrected chi connectivity index (χ0v) is 14.7. The van der Waals surface area contributed by atoms with E-state index in [0.29, 0.717) is 11.9 Å². The minimum Gasteiger partial charge on any atom is -0.338 e. The Morgan fingerprint density at radius 3 is 2.67 bits per heavy atom. The van der Waals surface area contributed by atoms with Crippen molar-refractivity contribution in [3.8, 4) is 0 Å². The SMILES string of the molecule is Cn1nncc1CN1CCC[C@H]1C(=O)N1CCCC1C1CCCC1. The predicted molar refractivity (Wildman–Crippen MR) is 91.1 cm³/mol. The minimum absolute atomic E-state index is 0.0573. The lowest BCUT2D eigenvalue weighted by Gasteiger charge is -2.34. The highest BCUT2D eigenvalue weighted by Crippen LogP contribution is 2.36. The molecule has 132 valence electrons. The van der Waals surface area contributed by atoms with Crippen LogP contribution < -0.4 is 0 Å². The van der Waals surface area contributed by atoms with Crippen molar-refractivity contribution in [2.45, 2.75) is 70.0 Å². The van der Waals surface area contributed by atoms with Gasteiger partial charge in [-0.15, -0.1) is 5.10 Å². The van der Waals surface area contributed by atoms with Gasteiger partial charge in [-0.25, -0.2) is 0 Å². The van der Waals surface area contributed by atoms with Crippen molar-refractivity contribution in [2.75, 3.05) is 13.1 Å². The van der Waals surface area contributed by atoms with Crippen molar-refractivity contribution in [3.63, 3.8) is 0 Å². The molecule has 1 aliphatic carbocycles. The first-order valence-corrected chi connectivity index (χ1v) is 9.62. The molecule has 1 unspecified atom stereocenters. The van der Waals surface area contributed by atoms with Crippen LogP contribution in [0.15, 0.2) is 6.20 Å². The first kappa shape index (κ1) is 16.1. The van der Waals surface area contributed by atoms with Crippen LogP contribution >= 0.6 is 0 Å². The highest BCUT2D eigenvalue weighted by molar-refractivity contribution is 5.82. The van der Waals surface area contributed by atoms with Gasteiger partial charge in [0.1, 0.15) is 0 Å². The van der Waals surface area contributed by atoms with Crippen molar-refractivity contribution in [1.82, 2.24) is 24.8 Å². The molecule has 0 bridgehead atoms. The normalized spacial score (nSPS) is 29.0. The average molecular weight is 331 g/mol. The van der Waals surface area contributed by atoms with Crippen LogP contribution in [0.25, 0.3) is 0 Å². The third kappa shape index (κ3) is 2.96. The van der Waals surface area contributed by atoms with Gasteiger partial charge in [0.2, 0.25) is 5.91 Å². The molecule has 1 aromatic rings. The van der Waals surface area contributed by atoms with E-state index < -0.39 is 0 Å². The third-order valence-corrected chi connectivity index (χ3v) is 6.35. The van der Waals surface area contributed by atoms with Gasteiger partial charge in [0.05, 0.1) is 17.9 Å². The zero-order chi connectivity index (χ0) is 16.5. The molecule has 0 N–H and O–H groups in total. The molecule has 3 aliphatic rings. The molecule has 4 rings (SSSR count). The first-order valence-electron chi connectivity index (χ1n) is 9.62. The zero-order valence-electron chi connectivity index (χ0n) is 14.7. The molecule has 6 heteroatoms. The third-order valence-electron chi connectivity index (χ3n) is 6.35. The fourth-order valence-corrected chi connectivity index (χ4v) is 5.05. The van der Waals surface area contributed by atoms with Gasteiger partial charge < -0.3 is 4.90 Å². The molecule has 0 aromatic carbocycles. The van der Waals surface area contributed by atoms with Gasteiger partial charge in [-0.1, -0.05) is 18.1 Å². The Kier molecular flexibility index (Phi) is 4.57. The average Bonchev–Trinajstić information content (AvgIpc) is 3.36. The van der Waals surface area contributed by atoms with Crippen LogP contribution in [-0.2, 0) is 18.4 Å². The molecule has 0 spiro atoms. The van der Waals surface area contributed by atoms with Gasteiger partial charge in [0.25, 0.3) is 0 Å². The van der Waals surface area contributed by atoms with Gasteiger partial charge in [-0.2, -0.15) is 0 Å². The Morgan fingerprint density at radius 2 is 1.92 bits per heavy atom. The van der Waals surface area contributed by atoms with Gasteiger partial charge in [-0.3, -0.25) is 14.4 Å². The number of carbonyl (C=O) groups excluding carboxylic acids is 1. The topological polar surface area (TPSA) is 54.3 Å². The molecule has 1 amide bonds. The summed E-state index contributed by atoms with van der Waals surface area (Å²) in [6.45, 7) is 2.75. The number of amides is 1. The lowest BCUT2D eigenvalue weighted by atomic mass is 9.95. The van der Waals surface area contributed by atoms with Crippen LogP contribution in [0.4, 0.5) is 0 Å². The number of hydrogen-bond acceptors (Lipinski definition) is 4. The van der Waals surface area contributed by atoms with Gasteiger partial charge in [0, 0.05) is 26.2 Å². The summed E-state index contributed by atoms with van der Waals surface area (Å²) in [6, 6.07) is 0.572. The molecule has 24 heavy (non-hydrogen) atoms. The number of aromatic nitrogens is 3. The van der Waals surface area contributed by atoms with Crippen molar-refractivity contribution in [3.05, 3.63) is 11.9 Å². The Bertz CT molecular complexity index is 580. The van der Waals surface area contributed by atoms with Crippen molar-refractivity contribution >= 4 is 5.91 Å². The highest BCUT2D eigenvalue weighted by atomic mass is 16.2. The quantitative estimate of drug-likeness (QED) is 0.846. The summed E-state index contributed by atoms with van der Waals surface area (Å²) in [6.07, 6.45) is 11.7. The highest BCUT2D eigenvalue weighted by Gasteiger charge is 2.41. The van der Waals surface area contributed by atoms with E-state index in [4.69, 9.17) is 0 Å². The number of carbonyl (C=O) groups is 1. The summed E-state index contributed by atoms with van der Waals surface area (Å²) < 4.78 is 1.82. The van der Waals surface area contributed by atoms with Gasteiger partial charge in [0.15, 0.2) is 0 Å². The number of likely N-dealkylation sites (tertiary alicyclic amines) is 2. The standard InChI is InChI=1S/C18H29N5O/c1-21-15(12-19-20-21)13-22-10-4-9-17(22)18(24)23-11-5-8-16(23)14-6-2-3-7-14/h12,14,16-17H,2-11,13H2,1H3/t16?,17-/m0/s1. The molecular weight excluding hydrogens is 302 g/mol. The second kappa shape index (κ2) is 6.82.